The van der Waals surface area contributed by atoms with Crippen molar-refractivity contribution in [3.63, 3.8) is 0 Å². The number of halogens is 1. The molecule has 1 heterocycles. The van der Waals surface area contributed by atoms with Crippen molar-refractivity contribution in [2.24, 2.45) is 0 Å². The third-order valence-electron chi connectivity index (χ3n) is 1.10. The maximum atomic E-state index is 8.47. The SMILES string of the molecule is Cc1c(C#N)csc1Br. The van der Waals surface area contributed by atoms with Crippen molar-refractivity contribution in [1.29, 1.82) is 5.26 Å². The zero-order valence-electron chi connectivity index (χ0n) is 4.81. The Morgan fingerprint density at radius 3 is 2.67 bits per heavy atom. The van der Waals surface area contributed by atoms with Crippen LogP contribution >= 0.6 is 27.3 Å². The fourth-order valence-corrected chi connectivity index (χ4v) is 1.74. The Morgan fingerprint density at radius 2 is 2.44 bits per heavy atom. The molecule has 0 spiro atoms. The summed E-state index contributed by atoms with van der Waals surface area (Å²) in [6.07, 6.45) is 0. The lowest BCUT2D eigenvalue weighted by atomic mass is 10.2. The van der Waals surface area contributed by atoms with Crippen LogP contribution in [0.2, 0.25) is 0 Å². The van der Waals surface area contributed by atoms with Gasteiger partial charge in [0.15, 0.2) is 0 Å². The smallest absolute Gasteiger partial charge is 0.100 e. The minimum Gasteiger partial charge on any atom is -0.192 e. The zero-order chi connectivity index (χ0) is 6.85. The Hall–Kier alpha value is -0.330. The minimum absolute atomic E-state index is 0.770. The summed E-state index contributed by atoms with van der Waals surface area (Å²) in [5, 5.41) is 10.3. The summed E-state index contributed by atoms with van der Waals surface area (Å²) in [6, 6.07) is 2.10. The molecule has 0 aliphatic heterocycles. The summed E-state index contributed by atoms with van der Waals surface area (Å²) in [4.78, 5) is 0. The Kier molecular flexibility index (Phi) is 1.89. The standard InChI is InChI=1S/C6H4BrNS/c1-4-5(2-8)3-9-6(4)7/h3H,1H3. The van der Waals surface area contributed by atoms with E-state index in [1.165, 1.54) is 0 Å². The average molecular weight is 202 g/mol. The van der Waals surface area contributed by atoms with Crippen molar-refractivity contribution < 1.29 is 0 Å². The topological polar surface area (TPSA) is 23.8 Å². The first kappa shape index (κ1) is 6.79. The summed E-state index contributed by atoms with van der Waals surface area (Å²) in [7, 11) is 0. The van der Waals surface area contributed by atoms with E-state index in [0.717, 1.165) is 14.9 Å². The molecule has 0 aliphatic carbocycles. The predicted molar refractivity (Wildman–Crippen MR) is 41.5 cm³/mol. The third kappa shape index (κ3) is 1.15. The average Bonchev–Trinajstić information content (AvgIpc) is 2.15. The fourth-order valence-electron chi connectivity index (χ4n) is 0.504. The molecule has 0 saturated heterocycles. The highest BCUT2D eigenvalue weighted by Gasteiger charge is 2.01. The molecule has 1 nitrogen and oxygen atoms in total. The molecule has 0 aromatic carbocycles. The van der Waals surface area contributed by atoms with Crippen molar-refractivity contribution >= 4 is 27.3 Å². The molecule has 0 saturated carbocycles. The maximum Gasteiger partial charge on any atom is 0.100 e. The van der Waals surface area contributed by atoms with Gasteiger partial charge in [-0.15, -0.1) is 11.3 Å². The molecule has 0 bridgehead atoms. The first-order chi connectivity index (χ1) is 4.25. The summed E-state index contributed by atoms with van der Waals surface area (Å²) in [5.41, 5.74) is 1.81. The van der Waals surface area contributed by atoms with E-state index in [0.29, 0.717) is 0 Å². The summed E-state index contributed by atoms with van der Waals surface area (Å²) < 4.78 is 1.05. The van der Waals surface area contributed by atoms with Gasteiger partial charge in [-0.25, -0.2) is 0 Å². The molecule has 0 radical (unpaired) electrons. The van der Waals surface area contributed by atoms with E-state index in [4.69, 9.17) is 5.26 Å². The zero-order valence-corrected chi connectivity index (χ0v) is 7.21. The second kappa shape index (κ2) is 2.51. The predicted octanol–water partition coefficient (Wildman–Crippen LogP) is 2.69. The molecule has 46 valence electrons. The van der Waals surface area contributed by atoms with Crippen LogP contribution in [0.1, 0.15) is 11.1 Å². The highest BCUT2D eigenvalue weighted by molar-refractivity contribution is 9.11. The van der Waals surface area contributed by atoms with E-state index < -0.39 is 0 Å². The highest BCUT2D eigenvalue weighted by atomic mass is 79.9. The van der Waals surface area contributed by atoms with Gasteiger partial charge >= 0.3 is 0 Å². The Morgan fingerprint density at radius 1 is 1.78 bits per heavy atom. The second-order valence-electron chi connectivity index (χ2n) is 1.66. The monoisotopic (exact) mass is 201 g/mol. The number of nitriles is 1. The van der Waals surface area contributed by atoms with Gasteiger partial charge in [0.2, 0.25) is 0 Å². The summed E-state index contributed by atoms with van der Waals surface area (Å²) in [5.74, 6) is 0. The van der Waals surface area contributed by atoms with Crippen LogP contribution < -0.4 is 0 Å². The third-order valence-corrected chi connectivity index (χ3v) is 3.12. The van der Waals surface area contributed by atoms with Crippen LogP contribution in [0.5, 0.6) is 0 Å². The second-order valence-corrected chi connectivity index (χ2v) is 3.86. The number of rotatable bonds is 0. The van der Waals surface area contributed by atoms with Gasteiger partial charge < -0.3 is 0 Å². The van der Waals surface area contributed by atoms with Gasteiger partial charge in [0.25, 0.3) is 0 Å². The Balaban J connectivity index is 3.24. The van der Waals surface area contributed by atoms with Crippen LogP contribution in [0, 0.1) is 18.3 Å². The van der Waals surface area contributed by atoms with Crippen LogP contribution in [0.15, 0.2) is 9.17 Å². The van der Waals surface area contributed by atoms with E-state index in [2.05, 4.69) is 22.0 Å². The molecule has 0 fully saturated rings. The Bertz CT molecular complexity index is 259. The van der Waals surface area contributed by atoms with Crippen molar-refractivity contribution in [1.82, 2.24) is 0 Å². The lowest BCUT2D eigenvalue weighted by molar-refractivity contribution is 1.43. The van der Waals surface area contributed by atoms with Crippen LogP contribution in [0.25, 0.3) is 0 Å². The number of thiophene rings is 1. The molecule has 0 N–H and O–H groups in total. The molecule has 3 heteroatoms. The molecule has 0 amide bonds. The van der Waals surface area contributed by atoms with Gasteiger partial charge in [-0.3, -0.25) is 0 Å². The summed E-state index contributed by atoms with van der Waals surface area (Å²) in [6.45, 7) is 1.93. The first-order valence-electron chi connectivity index (χ1n) is 2.39. The van der Waals surface area contributed by atoms with Crippen LogP contribution in [-0.2, 0) is 0 Å². The van der Waals surface area contributed by atoms with E-state index in [1.54, 1.807) is 11.3 Å². The van der Waals surface area contributed by atoms with Gasteiger partial charge in [-0.2, -0.15) is 5.26 Å². The van der Waals surface area contributed by atoms with Crippen LogP contribution in [0.3, 0.4) is 0 Å². The van der Waals surface area contributed by atoms with Gasteiger partial charge in [-0.05, 0) is 28.4 Å². The molecule has 1 aromatic heterocycles. The Labute approximate surface area is 66.1 Å². The normalized spacial score (nSPS) is 9.00. The van der Waals surface area contributed by atoms with Gasteiger partial charge in [0.05, 0.1) is 9.35 Å². The van der Waals surface area contributed by atoms with E-state index in [-0.39, 0.29) is 0 Å². The first-order valence-corrected chi connectivity index (χ1v) is 4.06. The molecule has 1 aromatic rings. The van der Waals surface area contributed by atoms with E-state index in [9.17, 15) is 0 Å². The summed E-state index contributed by atoms with van der Waals surface area (Å²) >= 11 is 4.87. The van der Waals surface area contributed by atoms with Gasteiger partial charge in [0.1, 0.15) is 6.07 Å². The minimum atomic E-state index is 0.770. The molecular formula is C6H4BrNS. The van der Waals surface area contributed by atoms with Crippen molar-refractivity contribution in [3.8, 4) is 6.07 Å². The lowest BCUT2D eigenvalue weighted by Crippen LogP contribution is -1.70. The van der Waals surface area contributed by atoms with Gasteiger partial charge in [0, 0.05) is 5.38 Å². The fraction of sp³-hybridized carbons (Fsp3) is 0.167. The molecular weight excluding hydrogens is 198 g/mol. The molecule has 9 heavy (non-hydrogen) atoms. The van der Waals surface area contributed by atoms with Crippen molar-refractivity contribution in [2.75, 3.05) is 0 Å². The van der Waals surface area contributed by atoms with Gasteiger partial charge in [-0.1, -0.05) is 0 Å². The molecule has 0 aliphatic rings. The van der Waals surface area contributed by atoms with Crippen LogP contribution in [0.4, 0.5) is 0 Å². The van der Waals surface area contributed by atoms with E-state index in [1.807, 2.05) is 12.3 Å². The van der Waals surface area contributed by atoms with Crippen molar-refractivity contribution in [2.45, 2.75) is 6.92 Å². The highest BCUT2D eigenvalue weighted by Crippen LogP contribution is 2.26. The molecule has 0 unspecified atom stereocenters. The van der Waals surface area contributed by atoms with Crippen LogP contribution in [-0.4, -0.2) is 0 Å². The number of hydrogen-bond donors (Lipinski definition) is 0. The number of nitrogens with zero attached hydrogens (tertiary/aromatic N) is 1. The number of hydrogen-bond acceptors (Lipinski definition) is 2. The van der Waals surface area contributed by atoms with E-state index >= 15 is 0 Å². The maximum absolute atomic E-state index is 8.47. The van der Waals surface area contributed by atoms with Crippen molar-refractivity contribution in [3.05, 3.63) is 20.3 Å². The molecule has 1 rings (SSSR count). The largest absolute Gasteiger partial charge is 0.192 e. The quantitative estimate of drug-likeness (QED) is 0.634. The molecule has 0 atom stereocenters. The lowest BCUT2D eigenvalue weighted by Gasteiger charge is -1.82.